The third-order valence-corrected chi connectivity index (χ3v) is 6.62. The monoisotopic (exact) mass is 501 g/mol. The number of allylic oxidation sites excluding steroid dienone is 2. The Morgan fingerprint density at radius 2 is 2.00 bits per heavy atom. The molecule has 0 radical (unpaired) electrons. The van der Waals surface area contributed by atoms with Gasteiger partial charge in [0.15, 0.2) is 0 Å². The highest BCUT2D eigenvalue weighted by molar-refractivity contribution is 5.93. The van der Waals surface area contributed by atoms with E-state index >= 15 is 0 Å². The number of nitrogens with zero attached hydrogens (tertiary/aromatic N) is 2. The van der Waals surface area contributed by atoms with Crippen molar-refractivity contribution in [2.24, 2.45) is 0 Å². The number of unbranched alkanes of at least 4 members (excludes halogenated alkanes) is 1. The molecule has 3 rings (SSSR count). The molecule has 0 aromatic heterocycles. The van der Waals surface area contributed by atoms with Crippen molar-refractivity contribution in [2.45, 2.75) is 58.5 Å². The fourth-order valence-electron chi connectivity index (χ4n) is 4.83. The molecule has 36 heavy (non-hydrogen) atoms. The van der Waals surface area contributed by atoms with Crippen LogP contribution in [0.5, 0.6) is 0 Å². The molecule has 2 heterocycles. The smallest absolute Gasteiger partial charge is 0.337 e. The van der Waals surface area contributed by atoms with Crippen molar-refractivity contribution in [3.05, 3.63) is 62.5 Å². The normalized spacial score (nSPS) is 20.4. The van der Waals surface area contributed by atoms with E-state index in [1.165, 1.54) is 19.2 Å². The first-order chi connectivity index (χ1) is 17.2. The molecular formula is C26H35N3O7. The molecule has 0 aliphatic carbocycles. The third-order valence-electron chi connectivity index (χ3n) is 6.62. The summed E-state index contributed by atoms with van der Waals surface area (Å²) in [6, 6.07) is 6.28. The van der Waals surface area contributed by atoms with Crippen molar-refractivity contribution >= 4 is 17.4 Å². The van der Waals surface area contributed by atoms with Gasteiger partial charge in [-0.05, 0) is 57.7 Å². The van der Waals surface area contributed by atoms with E-state index in [0.717, 1.165) is 43.6 Å². The van der Waals surface area contributed by atoms with Crippen molar-refractivity contribution in [1.29, 1.82) is 0 Å². The fourth-order valence-corrected chi connectivity index (χ4v) is 4.83. The standard InChI is InChI=1S/C26H35N3O7/c1-17(30)8-5-6-12-28-13-11-22(15-28)36-26(31)24-19(3)27-18(2)23(16-35-34-4)25(24)20-9-7-10-21(14-20)29(32)33/h7,9-10,14,22,25,27H,5-6,8,11-13,15-16H2,1-4H3/t22?,25-/m0/s1. The summed E-state index contributed by atoms with van der Waals surface area (Å²) in [7, 11) is 1.40. The molecule has 0 amide bonds. The number of nitro groups is 1. The lowest BCUT2D eigenvalue weighted by Gasteiger charge is -2.31. The van der Waals surface area contributed by atoms with Crippen LogP contribution < -0.4 is 5.32 Å². The zero-order valence-electron chi connectivity index (χ0n) is 21.4. The zero-order valence-corrected chi connectivity index (χ0v) is 21.4. The van der Waals surface area contributed by atoms with E-state index in [-0.39, 0.29) is 24.2 Å². The summed E-state index contributed by atoms with van der Waals surface area (Å²) in [5.41, 5.74) is 3.09. The number of non-ortho nitro benzene ring substituents is 1. The van der Waals surface area contributed by atoms with Crippen molar-refractivity contribution in [1.82, 2.24) is 10.2 Å². The Kier molecular flexibility index (Phi) is 9.74. The maximum absolute atomic E-state index is 13.5. The van der Waals surface area contributed by atoms with Crippen LogP contribution in [-0.4, -0.2) is 61.0 Å². The number of benzene rings is 1. The Labute approximate surface area is 211 Å². The van der Waals surface area contributed by atoms with Gasteiger partial charge < -0.3 is 14.8 Å². The minimum atomic E-state index is -0.585. The number of carbonyl (C=O) groups excluding carboxylic acids is 2. The Hall–Kier alpha value is -3.08. The predicted octanol–water partition coefficient (Wildman–Crippen LogP) is 3.78. The Bertz CT molecular complexity index is 1050. The summed E-state index contributed by atoms with van der Waals surface area (Å²) in [6.45, 7) is 7.67. The van der Waals surface area contributed by atoms with E-state index in [4.69, 9.17) is 14.5 Å². The molecule has 0 saturated carbocycles. The highest BCUT2D eigenvalue weighted by Gasteiger charge is 2.36. The molecule has 1 aromatic rings. The van der Waals surface area contributed by atoms with Gasteiger partial charge in [-0.3, -0.25) is 15.0 Å². The minimum Gasteiger partial charge on any atom is -0.458 e. The van der Waals surface area contributed by atoms with Gasteiger partial charge in [0, 0.05) is 49.0 Å². The number of Topliss-reactive ketones (excluding diaryl/α,β-unsaturated/α-hetero) is 1. The van der Waals surface area contributed by atoms with E-state index < -0.39 is 16.8 Å². The predicted molar refractivity (Wildman–Crippen MR) is 133 cm³/mol. The molecule has 2 atom stereocenters. The number of ether oxygens (including phenoxy) is 1. The summed E-state index contributed by atoms with van der Waals surface area (Å²) in [5.74, 6) is -0.842. The first-order valence-corrected chi connectivity index (χ1v) is 12.2. The van der Waals surface area contributed by atoms with Crippen LogP contribution in [0, 0.1) is 10.1 Å². The summed E-state index contributed by atoms with van der Waals surface area (Å²) < 4.78 is 5.95. The second-order valence-corrected chi connectivity index (χ2v) is 9.30. The van der Waals surface area contributed by atoms with E-state index in [1.807, 2.05) is 6.92 Å². The Balaban J connectivity index is 1.79. The van der Waals surface area contributed by atoms with Gasteiger partial charge in [-0.25, -0.2) is 14.6 Å². The Morgan fingerprint density at radius 1 is 1.22 bits per heavy atom. The molecule has 196 valence electrons. The molecule has 1 fully saturated rings. The largest absolute Gasteiger partial charge is 0.458 e. The van der Waals surface area contributed by atoms with Crippen molar-refractivity contribution in [3.63, 3.8) is 0 Å². The van der Waals surface area contributed by atoms with Gasteiger partial charge >= 0.3 is 5.97 Å². The highest BCUT2D eigenvalue weighted by Crippen LogP contribution is 2.40. The van der Waals surface area contributed by atoms with Crippen molar-refractivity contribution in [3.8, 4) is 0 Å². The average molecular weight is 502 g/mol. The van der Waals surface area contributed by atoms with E-state index in [1.54, 1.807) is 26.0 Å². The minimum absolute atomic E-state index is 0.0581. The number of nitro benzene ring substituents is 1. The SMILES string of the molecule is COOCC1=C(C)NC(C)=C(C(=O)OC2CCN(CCCCC(C)=O)C2)[C@H]1c1cccc([N+](=O)[O-])c1. The number of hydrogen-bond acceptors (Lipinski definition) is 9. The van der Waals surface area contributed by atoms with E-state index in [0.29, 0.717) is 29.8 Å². The fraction of sp³-hybridized carbons (Fsp3) is 0.538. The van der Waals surface area contributed by atoms with Crippen LogP contribution in [0.2, 0.25) is 0 Å². The first kappa shape index (κ1) is 27.5. The second-order valence-electron chi connectivity index (χ2n) is 9.30. The molecule has 2 aliphatic heterocycles. The van der Waals surface area contributed by atoms with Crippen LogP contribution in [0.25, 0.3) is 0 Å². The molecule has 1 saturated heterocycles. The van der Waals surface area contributed by atoms with Gasteiger partial charge in [0.05, 0.1) is 17.6 Å². The number of carbonyl (C=O) groups is 2. The van der Waals surface area contributed by atoms with Crippen molar-refractivity contribution in [2.75, 3.05) is 33.4 Å². The van der Waals surface area contributed by atoms with Crippen molar-refractivity contribution < 1.29 is 29.0 Å². The zero-order chi connectivity index (χ0) is 26.2. The third kappa shape index (κ3) is 6.99. The molecule has 2 aliphatic rings. The number of nitrogens with one attached hydrogen (secondary N) is 1. The quantitative estimate of drug-likeness (QED) is 0.150. The van der Waals surface area contributed by atoms with Gasteiger partial charge in [0.1, 0.15) is 18.5 Å². The lowest BCUT2D eigenvalue weighted by molar-refractivity contribution is -0.384. The maximum atomic E-state index is 13.5. The average Bonchev–Trinajstić information content (AvgIpc) is 3.27. The summed E-state index contributed by atoms with van der Waals surface area (Å²) in [6.07, 6.45) is 2.86. The number of rotatable bonds is 12. The second kappa shape index (κ2) is 12.8. The topological polar surface area (TPSA) is 120 Å². The van der Waals surface area contributed by atoms with Crippen LogP contribution in [-0.2, 0) is 24.1 Å². The summed E-state index contributed by atoms with van der Waals surface area (Å²) >= 11 is 0. The summed E-state index contributed by atoms with van der Waals surface area (Å²) in [5, 5.41) is 14.7. The number of hydrogen-bond donors (Lipinski definition) is 1. The molecule has 1 aromatic carbocycles. The van der Waals surface area contributed by atoms with Crippen LogP contribution in [0.1, 0.15) is 57.9 Å². The van der Waals surface area contributed by atoms with Gasteiger partial charge in [0.25, 0.3) is 5.69 Å². The number of esters is 1. The number of likely N-dealkylation sites (tertiary alicyclic amines) is 1. The van der Waals surface area contributed by atoms with E-state index in [9.17, 15) is 19.7 Å². The summed E-state index contributed by atoms with van der Waals surface area (Å²) in [4.78, 5) is 47.9. The maximum Gasteiger partial charge on any atom is 0.337 e. The van der Waals surface area contributed by atoms with Crippen LogP contribution in [0.15, 0.2) is 46.8 Å². The first-order valence-electron chi connectivity index (χ1n) is 12.2. The van der Waals surface area contributed by atoms with E-state index in [2.05, 4.69) is 10.2 Å². The molecule has 10 heteroatoms. The molecule has 0 bridgehead atoms. The number of dihydropyridines is 1. The molecule has 0 spiro atoms. The van der Waals surface area contributed by atoms with Gasteiger partial charge in [-0.2, -0.15) is 0 Å². The van der Waals surface area contributed by atoms with Gasteiger partial charge in [0.2, 0.25) is 0 Å². The molecule has 10 nitrogen and oxygen atoms in total. The lowest BCUT2D eigenvalue weighted by Crippen LogP contribution is -2.33. The van der Waals surface area contributed by atoms with Gasteiger partial charge in [-0.15, -0.1) is 0 Å². The molecular weight excluding hydrogens is 466 g/mol. The number of ketones is 1. The lowest BCUT2D eigenvalue weighted by atomic mass is 9.80. The highest BCUT2D eigenvalue weighted by atomic mass is 17.2. The molecule has 1 N–H and O–H groups in total. The van der Waals surface area contributed by atoms with Crippen LogP contribution in [0.4, 0.5) is 5.69 Å². The Morgan fingerprint density at radius 3 is 2.69 bits per heavy atom. The van der Waals surface area contributed by atoms with Gasteiger partial charge in [-0.1, -0.05) is 12.1 Å². The van der Waals surface area contributed by atoms with Crippen LogP contribution in [0.3, 0.4) is 0 Å². The molecule has 1 unspecified atom stereocenters. The van der Waals surface area contributed by atoms with Crippen LogP contribution >= 0.6 is 0 Å².